The molecular formula is C25H24O12. The number of aliphatic hydroxyl groups excluding tert-OH is 2. The van der Waals surface area contributed by atoms with Crippen molar-refractivity contribution in [1.82, 2.24) is 0 Å². The number of benzene rings is 2. The molecule has 12 nitrogen and oxygen atoms in total. The van der Waals surface area contributed by atoms with Gasteiger partial charge in [-0.1, -0.05) is 12.1 Å². The van der Waals surface area contributed by atoms with Crippen LogP contribution in [0.4, 0.5) is 0 Å². The van der Waals surface area contributed by atoms with Gasteiger partial charge in [0.25, 0.3) is 0 Å². The summed E-state index contributed by atoms with van der Waals surface area (Å²) < 4.78 is 10.2. The number of carboxylic acids is 1. The molecule has 2 aromatic carbocycles. The Labute approximate surface area is 209 Å². The lowest BCUT2D eigenvalue weighted by atomic mass is 9.78. The zero-order valence-electron chi connectivity index (χ0n) is 19.1. The molecule has 0 bridgehead atoms. The highest BCUT2D eigenvalue weighted by Crippen LogP contribution is 2.35. The van der Waals surface area contributed by atoms with E-state index in [-0.39, 0.29) is 23.5 Å². The van der Waals surface area contributed by atoms with Crippen LogP contribution in [0.1, 0.15) is 24.0 Å². The molecular weight excluding hydrogens is 492 g/mol. The number of hydrogen-bond acceptors (Lipinski definition) is 11. The van der Waals surface area contributed by atoms with E-state index in [4.69, 9.17) is 9.47 Å². The van der Waals surface area contributed by atoms with Gasteiger partial charge in [0, 0.05) is 18.6 Å². The monoisotopic (exact) mass is 516 g/mol. The minimum Gasteiger partial charge on any atom is -0.504 e. The van der Waals surface area contributed by atoms with Gasteiger partial charge in [0.05, 0.1) is 6.10 Å². The van der Waals surface area contributed by atoms with Crippen molar-refractivity contribution in [3.05, 3.63) is 59.7 Å². The third-order valence-electron chi connectivity index (χ3n) is 5.70. The van der Waals surface area contributed by atoms with E-state index in [1.807, 2.05) is 0 Å². The van der Waals surface area contributed by atoms with Crippen LogP contribution in [-0.4, -0.2) is 77.6 Å². The van der Waals surface area contributed by atoms with E-state index >= 15 is 0 Å². The minimum absolute atomic E-state index is 0.275. The Kier molecular flexibility index (Phi) is 8.05. The first-order chi connectivity index (χ1) is 17.4. The number of rotatable bonds is 7. The van der Waals surface area contributed by atoms with E-state index in [1.165, 1.54) is 36.4 Å². The Hall–Kier alpha value is -4.55. The third-order valence-corrected chi connectivity index (χ3v) is 5.70. The number of carbonyl (C=O) groups excluding carboxylic acids is 2. The fourth-order valence-electron chi connectivity index (χ4n) is 3.69. The summed E-state index contributed by atoms with van der Waals surface area (Å²) in [5.41, 5.74) is -1.97. The van der Waals surface area contributed by atoms with Crippen molar-refractivity contribution in [2.45, 2.75) is 36.8 Å². The number of aliphatic carboxylic acids is 1. The second kappa shape index (κ2) is 11.0. The van der Waals surface area contributed by atoms with E-state index < -0.39 is 59.7 Å². The van der Waals surface area contributed by atoms with Crippen LogP contribution in [0.25, 0.3) is 12.2 Å². The molecule has 0 spiro atoms. The van der Waals surface area contributed by atoms with Crippen LogP contribution in [0.15, 0.2) is 48.6 Å². The average molecular weight is 516 g/mol. The second-order valence-corrected chi connectivity index (χ2v) is 8.23. The van der Waals surface area contributed by atoms with Gasteiger partial charge in [0.1, 0.15) is 6.10 Å². The second-order valence-electron chi connectivity index (χ2n) is 8.23. The molecule has 196 valence electrons. The maximum Gasteiger partial charge on any atom is 0.351 e. The van der Waals surface area contributed by atoms with Crippen molar-refractivity contribution in [2.24, 2.45) is 0 Å². The number of aromatic hydroxyl groups is 4. The number of phenolic OH excluding ortho intramolecular Hbond substituents is 4. The topological polar surface area (TPSA) is 211 Å². The first-order valence-corrected chi connectivity index (χ1v) is 10.9. The van der Waals surface area contributed by atoms with Crippen LogP contribution in [0.3, 0.4) is 0 Å². The smallest absolute Gasteiger partial charge is 0.351 e. The molecule has 3 rings (SSSR count). The Bertz CT molecular complexity index is 1250. The highest BCUT2D eigenvalue weighted by molar-refractivity contribution is 5.91. The van der Waals surface area contributed by atoms with Crippen molar-refractivity contribution >= 4 is 30.1 Å². The molecule has 0 amide bonds. The summed E-state index contributed by atoms with van der Waals surface area (Å²) in [7, 11) is 0. The highest BCUT2D eigenvalue weighted by Gasteiger charge is 2.58. The molecule has 1 fully saturated rings. The maximum atomic E-state index is 12.4. The zero-order chi connectivity index (χ0) is 27.3. The molecule has 0 unspecified atom stereocenters. The van der Waals surface area contributed by atoms with Crippen LogP contribution in [-0.2, 0) is 23.9 Å². The first-order valence-electron chi connectivity index (χ1n) is 10.9. The molecule has 4 atom stereocenters. The summed E-state index contributed by atoms with van der Waals surface area (Å²) in [6.07, 6.45) is -2.04. The number of hydrogen-bond donors (Lipinski definition) is 7. The quantitative estimate of drug-likeness (QED) is 0.156. The SMILES string of the molecule is O=C(/C=C/c1ccc(O)c(O)c1)O[C@@H]1[C@H](O)CC[C@@](OC(=O)/C=C/c2ccc(O)c(O)c2)(C(=O)O)[C@H]1O. The van der Waals surface area contributed by atoms with Gasteiger partial charge < -0.3 is 45.2 Å². The number of esters is 2. The molecule has 1 aliphatic rings. The molecule has 0 aromatic heterocycles. The van der Waals surface area contributed by atoms with E-state index in [2.05, 4.69) is 0 Å². The van der Waals surface area contributed by atoms with Gasteiger partial charge >= 0.3 is 17.9 Å². The fourth-order valence-corrected chi connectivity index (χ4v) is 3.69. The molecule has 7 N–H and O–H groups in total. The summed E-state index contributed by atoms with van der Waals surface area (Å²) in [4.78, 5) is 36.8. The number of ether oxygens (including phenoxy) is 2. The number of phenols is 4. The fraction of sp³-hybridized carbons (Fsp3) is 0.240. The Morgan fingerprint density at radius 2 is 1.32 bits per heavy atom. The van der Waals surface area contributed by atoms with Crippen LogP contribution in [0, 0.1) is 0 Å². The highest BCUT2D eigenvalue weighted by atomic mass is 16.6. The first kappa shape index (κ1) is 27.0. The number of carboxylic acid groups (broad SMARTS) is 1. The molecule has 2 aromatic rings. The maximum absolute atomic E-state index is 12.4. The van der Waals surface area contributed by atoms with Crippen molar-refractivity contribution < 1.29 is 59.6 Å². The summed E-state index contributed by atoms with van der Waals surface area (Å²) in [5, 5.41) is 68.5. The molecule has 0 radical (unpaired) electrons. The van der Waals surface area contributed by atoms with Gasteiger partial charge in [-0.3, -0.25) is 0 Å². The van der Waals surface area contributed by atoms with Gasteiger partial charge in [-0.05, 0) is 54.0 Å². The van der Waals surface area contributed by atoms with Gasteiger partial charge in [-0.25, -0.2) is 14.4 Å². The Balaban J connectivity index is 1.74. The molecule has 0 saturated heterocycles. The predicted octanol–water partition coefficient (Wildman–Crippen LogP) is 1.03. The zero-order valence-corrected chi connectivity index (χ0v) is 19.1. The normalized spacial score (nSPS) is 23.7. The van der Waals surface area contributed by atoms with Gasteiger partial charge in [0.2, 0.25) is 5.60 Å². The van der Waals surface area contributed by atoms with Crippen LogP contribution in [0.5, 0.6) is 23.0 Å². The van der Waals surface area contributed by atoms with Crippen LogP contribution in [0.2, 0.25) is 0 Å². The average Bonchev–Trinajstić information content (AvgIpc) is 2.85. The lowest BCUT2D eigenvalue weighted by Gasteiger charge is -2.42. The van der Waals surface area contributed by atoms with Crippen molar-refractivity contribution in [3.8, 4) is 23.0 Å². The Morgan fingerprint density at radius 3 is 1.81 bits per heavy atom. The summed E-state index contributed by atoms with van der Waals surface area (Å²) in [5.74, 6) is -5.62. The van der Waals surface area contributed by atoms with Gasteiger partial charge in [-0.15, -0.1) is 0 Å². The predicted molar refractivity (Wildman–Crippen MR) is 125 cm³/mol. The molecule has 0 aliphatic heterocycles. The van der Waals surface area contributed by atoms with Gasteiger partial charge in [-0.2, -0.15) is 0 Å². The molecule has 1 saturated carbocycles. The lowest BCUT2D eigenvalue weighted by Crippen LogP contribution is -2.64. The molecule has 37 heavy (non-hydrogen) atoms. The summed E-state index contributed by atoms with van der Waals surface area (Å²) in [6.45, 7) is 0. The van der Waals surface area contributed by atoms with E-state index in [0.717, 1.165) is 24.3 Å². The standard InChI is InChI=1S/C25H24O12/c26-15-5-1-13(11-18(15)29)3-7-20(31)36-22-17(28)9-10-25(23(22)33,24(34)35)37-21(32)8-4-14-2-6-16(27)19(30)12-14/h1-8,11-12,17,22-23,26-30,33H,9-10H2,(H,34,35)/b7-3+,8-4+/t17-,22-,23+,25+/m1/s1. The van der Waals surface area contributed by atoms with Crippen molar-refractivity contribution in [2.75, 3.05) is 0 Å². The van der Waals surface area contributed by atoms with Gasteiger partial charge in [0.15, 0.2) is 29.1 Å². The van der Waals surface area contributed by atoms with Crippen LogP contribution < -0.4 is 0 Å². The largest absolute Gasteiger partial charge is 0.504 e. The lowest BCUT2D eigenvalue weighted by molar-refractivity contribution is -0.224. The van der Waals surface area contributed by atoms with E-state index in [1.54, 1.807) is 0 Å². The van der Waals surface area contributed by atoms with E-state index in [0.29, 0.717) is 5.56 Å². The number of carbonyl (C=O) groups is 3. The molecule has 1 aliphatic carbocycles. The summed E-state index contributed by atoms with van der Waals surface area (Å²) >= 11 is 0. The van der Waals surface area contributed by atoms with Crippen molar-refractivity contribution in [1.29, 1.82) is 0 Å². The number of aliphatic hydroxyl groups is 2. The molecule has 0 heterocycles. The Morgan fingerprint density at radius 1 is 0.811 bits per heavy atom. The summed E-state index contributed by atoms with van der Waals surface area (Å²) in [6, 6.07) is 7.39. The van der Waals surface area contributed by atoms with Crippen LogP contribution >= 0.6 is 0 Å². The third kappa shape index (κ3) is 6.18. The molecule has 12 heteroatoms. The van der Waals surface area contributed by atoms with E-state index in [9.17, 15) is 50.1 Å². The minimum atomic E-state index is -2.55. The van der Waals surface area contributed by atoms with Crippen molar-refractivity contribution in [3.63, 3.8) is 0 Å².